The van der Waals surface area contributed by atoms with E-state index in [1.807, 2.05) is 11.0 Å². The number of carbonyl (C=O) groups excluding carboxylic acids is 2. The zero-order valence-electron chi connectivity index (χ0n) is 15.6. The van der Waals surface area contributed by atoms with Crippen molar-refractivity contribution >= 4 is 34.6 Å². The molecule has 2 aromatic heterocycles. The highest BCUT2D eigenvalue weighted by molar-refractivity contribution is 6.33. The van der Waals surface area contributed by atoms with Gasteiger partial charge in [-0.05, 0) is 43.0 Å². The molecule has 7 heteroatoms. The van der Waals surface area contributed by atoms with Crippen LogP contribution < -0.4 is 5.32 Å². The highest BCUT2D eigenvalue weighted by Crippen LogP contribution is 2.23. The summed E-state index contributed by atoms with van der Waals surface area (Å²) >= 11 is 6.14. The maximum absolute atomic E-state index is 13.1. The lowest BCUT2D eigenvalue weighted by Crippen LogP contribution is -2.38. The van der Waals surface area contributed by atoms with Crippen molar-refractivity contribution in [2.24, 2.45) is 5.92 Å². The molecule has 3 aromatic rings. The molecule has 1 N–H and O–H groups in total. The van der Waals surface area contributed by atoms with Crippen molar-refractivity contribution in [2.45, 2.75) is 19.8 Å². The summed E-state index contributed by atoms with van der Waals surface area (Å²) in [6, 6.07) is 12.4. The number of nitrogens with one attached hydrogen (secondary N) is 1. The third-order valence-corrected chi connectivity index (χ3v) is 5.48. The van der Waals surface area contributed by atoms with Crippen LogP contribution in [0.4, 0.5) is 5.69 Å². The van der Waals surface area contributed by atoms with Crippen molar-refractivity contribution in [3.05, 3.63) is 65.2 Å². The minimum atomic E-state index is -0.416. The highest BCUT2D eigenvalue weighted by Gasteiger charge is 2.27. The standard InChI is InChI=1S/C21H21ClN4O2/c1-14-9-12-25(13-10-14)21(28)18-17-8-4-5-11-26(17)19(24-18)20(27)23-16-7-3-2-6-15(16)22/h2-8,11,14H,9-10,12-13H2,1H3,(H,23,27). The molecule has 0 unspecified atom stereocenters. The number of halogens is 1. The van der Waals surface area contributed by atoms with Crippen LogP contribution in [0.2, 0.25) is 5.02 Å². The van der Waals surface area contributed by atoms with Gasteiger partial charge in [0.1, 0.15) is 0 Å². The van der Waals surface area contributed by atoms with Crippen LogP contribution in [-0.4, -0.2) is 39.2 Å². The molecule has 144 valence electrons. The molecule has 0 saturated carbocycles. The Labute approximate surface area is 168 Å². The molecule has 0 radical (unpaired) electrons. The van der Waals surface area contributed by atoms with Gasteiger partial charge < -0.3 is 10.2 Å². The smallest absolute Gasteiger partial charge is 0.292 e. The third-order valence-electron chi connectivity index (χ3n) is 5.15. The molecule has 0 atom stereocenters. The summed E-state index contributed by atoms with van der Waals surface area (Å²) in [6.07, 6.45) is 3.70. The minimum Gasteiger partial charge on any atom is -0.337 e. The number of hydrogen-bond donors (Lipinski definition) is 1. The van der Waals surface area contributed by atoms with Gasteiger partial charge in [-0.2, -0.15) is 0 Å². The number of piperidine rings is 1. The molecule has 1 aromatic carbocycles. The van der Waals surface area contributed by atoms with Gasteiger partial charge in [0.25, 0.3) is 11.8 Å². The lowest BCUT2D eigenvalue weighted by Gasteiger charge is -2.29. The summed E-state index contributed by atoms with van der Waals surface area (Å²) in [5.74, 6) is 0.233. The number of likely N-dealkylation sites (tertiary alicyclic amines) is 1. The number of nitrogens with zero attached hydrogens (tertiary/aromatic N) is 3. The highest BCUT2D eigenvalue weighted by atomic mass is 35.5. The molecule has 0 aliphatic carbocycles. The molecular formula is C21H21ClN4O2. The number of fused-ring (bicyclic) bond motifs is 1. The van der Waals surface area contributed by atoms with E-state index in [1.165, 1.54) is 0 Å². The van der Waals surface area contributed by atoms with E-state index in [1.54, 1.807) is 47.0 Å². The number of benzene rings is 1. The summed E-state index contributed by atoms with van der Waals surface area (Å²) in [5.41, 5.74) is 1.43. The fraction of sp³-hybridized carbons (Fsp3) is 0.286. The lowest BCUT2D eigenvalue weighted by molar-refractivity contribution is 0.0694. The average Bonchev–Trinajstić information content (AvgIpc) is 3.10. The predicted molar refractivity (Wildman–Crippen MR) is 109 cm³/mol. The Morgan fingerprint density at radius 1 is 1.11 bits per heavy atom. The third kappa shape index (κ3) is 3.47. The first kappa shape index (κ1) is 18.5. The van der Waals surface area contributed by atoms with Crippen molar-refractivity contribution in [3.63, 3.8) is 0 Å². The summed E-state index contributed by atoms with van der Waals surface area (Å²) in [4.78, 5) is 32.2. The van der Waals surface area contributed by atoms with Crippen molar-refractivity contribution in [1.29, 1.82) is 0 Å². The molecule has 1 aliphatic rings. The summed E-state index contributed by atoms with van der Waals surface area (Å²) in [6.45, 7) is 3.63. The van der Waals surface area contributed by atoms with Crippen LogP contribution in [0.25, 0.3) is 5.52 Å². The number of imidazole rings is 1. The topological polar surface area (TPSA) is 66.7 Å². The molecule has 1 aliphatic heterocycles. The maximum Gasteiger partial charge on any atom is 0.292 e. The Morgan fingerprint density at radius 2 is 1.82 bits per heavy atom. The van der Waals surface area contributed by atoms with Gasteiger partial charge in [-0.3, -0.25) is 14.0 Å². The number of hydrogen-bond acceptors (Lipinski definition) is 3. The average molecular weight is 397 g/mol. The fourth-order valence-electron chi connectivity index (χ4n) is 3.46. The molecule has 2 amide bonds. The Kier molecular flexibility index (Phi) is 5.05. The number of anilines is 1. The Hall–Kier alpha value is -2.86. The monoisotopic (exact) mass is 396 g/mol. The van der Waals surface area contributed by atoms with Crippen LogP contribution in [0, 0.1) is 5.92 Å². The van der Waals surface area contributed by atoms with Crippen molar-refractivity contribution in [1.82, 2.24) is 14.3 Å². The number of pyridine rings is 1. The first-order valence-corrected chi connectivity index (χ1v) is 9.74. The maximum atomic E-state index is 13.1. The molecule has 1 fully saturated rings. The number of aromatic nitrogens is 2. The molecular weight excluding hydrogens is 376 g/mol. The summed E-state index contributed by atoms with van der Waals surface area (Å²) in [5, 5.41) is 3.22. The van der Waals surface area contributed by atoms with Crippen molar-refractivity contribution in [3.8, 4) is 0 Å². The molecule has 1 saturated heterocycles. The van der Waals surface area contributed by atoms with Crippen LogP contribution in [0.3, 0.4) is 0 Å². The van der Waals surface area contributed by atoms with Crippen molar-refractivity contribution in [2.75, 3.05) is 18.4 Å². The van der Waals surface area contributed by atoms with Gasteiger partial charge in [0.15, 0.2) is 5.69 Å². The zero-order chi connectivity index (χ0) is 19.7. The second kappa shape index (κ2) is 7.64. The SMILES string of the molecule is CC1CCN(C(=O)c2nc(C(=O)Nc3ccccc3Cl)n3ccccc23)CC1. The number of para-hydroxylation sites is 1. The zero-order valence-corrected chi connectivity index (χ0v) is 16.3. The number of amides is 2. The van der Waals surface area contributed by atoms with Gasteiger partial charge >= 0.3 is 0 Å². The second-order valence-corrected chi connectivity index (χ2v) is 7.56. The first-order chi connectivity index (χ1) is 13.5. The van der Waals surface area contributed by atoms with Crippen LogP contribution in [0.1, 0.15) is 40.9 Å². The Balaban J connectivity index is 1.67. The van der Waals surface area contributed by atoms with Gasteiger partial charge in [-0.1, -0.05) is 36.7 Å². The number of carbonyl (C=O) groups is 2. The molecule has 3 heterocycles. The van der Waals surface area contributed by atoms with Crippen LogP contribution in [0.5, 0.6) is 0 Å². The van der Waals surface area contributed by atoms with E-state index in [0.29, 0.717) is 40.9 Å². The van der Waals surface area contributed by atoms with E-state index in [4.69, 9.17) is 11.6 Å². The van der Waals surface area contributed by atoms with Crippen LogP contribution >= 0.6 is 11.6 Å². The molecule has 0 bridgehead atoms. The Bertz CT molecular complexity index is 1040. The van der Waals surface area contributed by atoms with Crippen molar-refractivity contribution < 1.29 is 9.59 Å². The van der Waals surface area contributed by atoms with E-state index >= 15 is 0 Å². The van der Waals surface area contributed by atoms with E-state index < -0.39 is 5.91 Å². The molecule has 0 spiro atoms. The predicted octanol–water partition coefficient (Wildman–Crippen LogP) is 4.11. The second-order valence-electron chi connectivity index (χ2n) is 7.15. The van der Waals surface area contributed by atoms with Gasteiger partial charge in [0.05, 0.1) is 16.2 Å². The van der Waals surface area contributed by atoms with Crippen LogP contribution in [-0.2, 0) is 0 Å². The summed E-state index contributed by atoms with van der Waals surface area (Å²) in [7, 11) is 0. The minimum absolute atomic E-state index is 0.132. The fourth-order valence-corrected chi connectivity index (χ4v) is 3.64. The van der Waals surface area contributed by atoms with E-state index in [9.17, 15) is 9.59 Å². The molecule has 28 heavy (non-hydrogen) atoms. The van der Waals surface area contributed by atoms with Gasteiger partial charge in [-0.25, -0.2) is 4.98 Å². The van der Waals surface area contributed by atoms with Crippen LogP contribution in [0.15, 0.2) is 48.7 Å². The lowest BCUT2D eigenvalue weighted by atomic mass is 9.99. The quantitative estimate of drug-likeness (QED) is 0.724. The van der Waals surface area contributed by atoms with E-state index in [2.05, 4.69) is 17.2 Å². The van der Waals surface area contributed by atoms with E-state index in [-0.39, 0.29) is 11.7 Å². The largest absolute Gasteiger partial charge is 0.337 e. The number of rotatable bonds is 3. The normalized spacial score (nSPS) is 15.0. The van der Waals surface area contributed by atoms with Gasteiger partial charge in [-0.15, -0.1) is 0 Å². The van der Waals surface area contributed by atoms with Gasteiger partial charge in [0.2, 0.25) is 5.82 Å². The Morgan fingerprint density at radius 3 is 2.57 bits per heavy atom. The van der Waals surface area contributed by atoms with Gasteiger partial charge in [0, 0.05) is 19.3 Å². The molecule has 6 nitrogen and oxygen atoms in total. The molecule has 4 rings (SSSR count). The summed E-state index contributed by atoms with van der Waals surface area (Å²) < 4.78 is 1.64. The first-order valence-electron chi connectivity index (χ1n) is 9.37. The van der Waals surface area contributed by atoms with E-state index in [0.717, 1.165) is 12.8 Å².